The molecule has 0 spiro atoms. The normalized spacial score (nSPS) is 18.8. The first-order valence-corrected chi connectivity index (χ1v) is 23.1. The van der Waals surface area contributed by atoms with E-state index in [4.69, 9.17) is 18.9 Å². The molecule has 2 N–H and O–H groups in total. The van der Waals surface area contributed by atoms with Crippen molar-refractivity contribution in [1.29, 1.82) is 0 Å². The smallest absolute Gasteiger partial charge is 0.408 e. The molecule has 16 heteroatoms. The van der Waals surface area contributed by atoms with Gasteiger partial charge in [0.2, 0.25) is 17.7 Å². The third-order valence-electron chi connectivity index (χ3n) is 12.6. The molecule has 2 heterocycles. The Labute approximate surface area is 390 Å². The number of nitrogens with zero attached hydrogens (tertiary/aromatic N) is 3. The average molecular weight is 918 g/mol. The van der Waals surface area contributed by atoms with Crippen molar-refractivity contribution in [2.45, 2.75) is 137 Å². The molecule has 1 fully saturated rings. The molecule has 0 bridgehead atoms. The molecule has 0 saturated carbocycles. The van der Waals surface area contributed by atoms with Gasteiger partial charge in [0, 0.05) is 33.2 Å². The van der Waals surface area contributed by atoms with Crippen molar-refractivity contribution in [2.75, 3.05) is 27.8 Å². The van der Waals surface area contributed by atoms with Gasteiger partial charge in [-0.05, 0) is 47.6 Å². The summed E-state index contributed by atoms with van der Waals surface area (Å²) >= 11 is 0. The van der Waals surface area contributed by atoms with Gasteiger partial charge in [0.25, 0.3) is 11.8 Å². The largest absolute Gasteiger partial charge is 0.499 e. The second kappa shape index (κ2) is 24.7. The summed E-state index contributed by atoms with van der Waals surface area (Å²) in [4.78, 5) is 101. The van der Waals surface area contributed by atoms with Crippen molar-refractivity contribution in [3.8, 4) is 0 Å². The van der Waals surface area contributed by atoms with Crippen molar-refractivity contribution in [1.82, 2.24) is 25.3 Å². The third-order valence-corrected chi connectivity index (χ3v) is 12.6. The number of amides is 6. The number of nitrogens with one attached hydrogen (secondary N) is 2. The van der Waals surface area contributed by atoms with Crippen LogP contribution in [-0.2, 0) is 60.7 Å². The Kier molecular flexibility index (Phi) is 19.8. The molecule has 0 aliphatic carbocycles. The van der Waals surface area contributed by atoms with Crippen LogP contribution in [0.1, 0.15) is 92.2 Å². The topological polar surface area (TPSA) is 190 Å². The number of esters is 1. The Morgan fingerprint density at radius 3 is 1.97 bits per heavy atom. The molecule has 2 aromatic carbocycles. The second-order valence-corrected chi connectivity index (χ2v) is 18.3. The van der Waals surface area contributed by atoms with E-state index in [1.54, 1.807) is 34.7 Å². The van der Waals surface area contributed by atoms with Gasteiger partial charge >= 0.3 is 12.1 Å². The minimum absolute atomic E-state index is 0.0198. The Morgan fingerprint density at radius 1 is 0.818 bits per heavy atom. The molecular weight excluding hydrogens is 847 g/mol. The van der Waals surface area contributed by atoms with E-state index in [0.717, 1.165) is 16.0 Å². The van der Waals surface area contributed by atoms with Gasteiger partial charge in [-0.15, -0.1) is 0 Å². The number of carbonyl (C=O) groups is 7. The Hall–Kier alpha value is -5.77. The Bertz CT molecular complexity index is 2010. The zero-order valence-corrected chi connectivity index (χ0v) is 40.5. The number of hydrogen-bond donors (Lipinski definition) is 2. The van der Waals surface area contributed by atoms with Crippen LogP contribution in [0.3, 0.4) is 0 Å². The van der Waals surface area contributed by atoms with Crippen LogP contribution in [0.5, 0.6) is 0 Å². The molecule has 6 amide bonds. The number of benzene rings is 2. The number of alkyl carbamates (subject to hydrolysis) is 1. The number of ether oxygens (including phenoxy) is 4. The molecule has 1 saturated heterocycles. The van der Waals surface area contributed by atoms with E-state index < -0.39 is 89.9 Å². The zero-order valence-electron chi connectivity index (χ0n) is 40.5. The van der Waals surface area contributed by atoms with E-state index in [-0.39, 0.29) is 37.3 Å². The van der Waals surface area contributed by atoms with E-state index >= 15 is 0 Å². The number of imide groups is 1. The van der Waals surface area contributed by atoms with Gasteiger partial charge in [0.15, 0.2) is 6.10 Å². The lowest BCUT2D eigenvalue weighted by atomic mass is 9.89. The van der Waals surface area contributed by atoms with Crippen LogP contribution >= 0.6 is 0 Å². The van der Waals surface area contributed by atoms with Crippen molar-refractivity contribution < 1.29 is 52.5 Å². The van der Waals surface area contributed by atoms with Crippen molar-refractivity contribution in [2.24, 2.45) is 23.7 Å². The van der Waals surface area contributed by atoms with E-state index in [0.29, 0.717) is 31.4 Å². The molecular formula is C50H71N5O11. The van der Waals surface area contributed by atoms with E-state index in [1.807, 2.05) is 88.4 Å². The SMILES string of the molecule is CC[C@H](C)[C@@H]([C@@H](CC(=O)N1CCC[C@H]1C(=O)O[C@H](C(=O)N1C(=O)C=C(OC)[C@@H]1Cc1ccccc1)C(C)C)OC)N(C)C(=O)[C@@H](NC(=O)[C@@H](NC(=O)OCc1ccccc1)C(C)C)C(C)C. The van der Waals surface area contributed by atoms with Crippen LogP contribution < -0.4 is 10.6 Å². The van der Waals surface area contributed by atoms with Crippen LogP contribution in [-0.4, -0.2) is 127 Å². The first-order chi connectivity index (χ1) is 31.3. The molecule has 8 atom stereocenters. The molecule has 2 aliphatic rings. The van der Waals surface area contributed by atoms with Crippen molar-refractivity contribution in [3.63, 3.8) is 0 Å². The lowest BCUT2D eigenvalue weighted by Gasteiger charge is -2.40. The fraction of sp³-hybridized carbons (Fsp3) is 0.580. The van der Waals surface area contributed by atoms with Gasteiger partial charge in [-0.2, -0.15) is 0 Å². The standard InChI is InChI=1S/C50H71N5O11/c1-12-33(8)44(53(9)47(59)43(31(4)5)51-46(58)42(30(2)3)52-50(62)65-29-35-22-17-14-18-23-35)39(64-11)28-40(56)54-25-19-24-36(54)49(61)66-45(32(6)7)48(60)55-37(38(63-10)27-41(55)57)26-34-20-15-13-16-21-34/h13-18,20-23,27,30-33,36-37,39,42-45H,12,19,24-26,28-29H2,1-11H3,(H,51,58)(H,52,62)/t33-,36-,37-,39+,42-,43-,44-,45-/m0/s1. The highest BCUT2D eigenvalue weighted by atomic mass is 16.6. The molecule has 0 radical (unpaired) electrons. The lowest BCUT2D eigenvalue weighted by Crippen LogP contribution is -2.60. The highest BCUT2D eigenvalue weighted by molar-refractivity contribution is 6.06. The number of rotatable bonds is 22. The summed E-state index contributed by atoms with van der Waals surface area (Å²) in [6.45, 7) is 14.8. The minimum atomic E-state index is -1.32. The fourth-order valence-corrected chi connectivity index (χ4v) is 8.60. The molecule has 4 rings (SSSR count). The van der Waals surface area contributed by atoms with Crippen LogP contribution in [0.15, 0.2) is 72.5 Å². The average Bonchev–Trinajstić information content (AvgIpc) is 3.92. The van der Waals surface area contributed by atoms with E-state index in [1.165, 1.54) is 30.1 Å². The molecule has 2 aliphatic heterocycles. The number of hydrogen-bond acceptors (Lipinski definition) is 11. The maximum Gasteiger partial charge on any atom is 0.408 e. The molecule has 2 aromatic rings. The quantitative estimate of drug-likeness (QED) is 0.143. The van der Waals surface area contributed by atoms with Crippen LogP contribution in [0, 0.1) is 23.7 Å². The van der Waals surface area contributed by atoms with Gasteiger partial charge in [-0.3, -0.25) is 28.9 Å². The predicted octanol–water partition coefficient (Wildman–Crippen LogP) is 5.43. The summed E-state index contributed by atoms with van der Waals surface area (Å²) in [6.07, 6.45) is -0.0815. The number of methoxy groups -OCH3 is 2. The number of likely N-dealkylation sites (N-methyl/N-ethyl adjacent to an activating group) is 1. The minimum Gasteiger partial charge on any atom is -0.499 e. The molecule has 0 unspecified atom stereocenters. The maximum atomic E-state index is 14.5. The van der Waals surface area contributed by atoms with Gasteiger partial charge < -0.3 is 39.4 Å². The second-order valence-electron chi connectivity index (χ2n) is 18.3. The first kappa shape index (κ1) is 52.9. The lowest BCUT2D eigenvalue weighted by molar-refractivity contribution is -0.170. The summed E-state index contributed by atoms with van der Waals surface area (Å²) in [6, 6.07) is 14.2. The molecule has 16 nitrogen and oxygen atoms in total. The van der Waals surface area contributed by atoms with Crippen molar-refractivity contribution in [3.05, 3.63) is 83.6 Å². The van der Waals surface area contributed by atoms with Gasteiger partial charge in [-0.25, -0.2) is 9.59 Å². The van der Waals surface area contributed by atoms with Crippen LogP contribution in [0.25, 0.3) is 0 Å². The highest BCUT2D eigenvalue weighted by Crippen LogP contribution is 2.30. The van der Waals surface area contributed by atoms with E-state index in [2.05, 4.69) is 10.6 Å². The number of likely N-dealkylation sites (tertiary alicyclic amines) is 1. The summed E-state index contributed by atoms with van der Waals surface area (Å²) in [5.41, 5.74) is 1.67. The Morgan fingerprint density at radius 2 is 1.42 bits per heavy atom. The fourth-order valence-electron chi connectivity index (χ4n) is 8.60. The molecule has 0 aromatic heterocycles. The molecule has 362 valence electrons. The van der Waals surface area contributed by atoms with Gasteiger partial charge in [-0.1, -0.05) is 122 Å². The van der Waals surface area contributed by atoms with Crippen LogP contribution in [0.4, 0.5) is 4.79 Å². The number of carbonyl (C=O) groups excluding carboxylic acids is 7. The highest BCUT2D eigenvalue weighted by Gasteiger charge is 2.46. The summed E-state index contributed by atoms with van der Waals surface area (Å²) in [5.74, 6) is -4.43. The summed E-state index contributed by atoms with van der Waals surface area (Å²) < 4.78 is 22.8. The molecule has 66 heavy (non-hydrogen) atoms. The first-order valence-electron chi connectivity index (χ1n) is 23.1. The monoisotopic (exact) mass is 918 g/mol. The summed E-state index contributed by atoms with van der Waals surface area (Å²) in [5, 5.41) is 5.53. The Balaban J connectivity index is 1.46. The predicted molar refractivity (Wildman–Crippen MR) is 247 cm³/mol. The van der Waals surface area contributed by atoms with Crippen molar-refractivity contribution >= 4 is 41.6 Å². The zero-order chi connectivity index (χ0) is 48.8. The van der Waals surface area contributed by atoms with Gasteiger partial charge in [0.05, 0.1) is 25.7 Å². The maximum absolute atomic E-state index is 14.5. The van der Waals surface area contributed by atoms with Gasteiger partial charge in [0.1, 0.15) is 36.5 Å². The van der Waals surface area contributed by atoms with Crippen LogP contribution in [0.2, 0.25) is 0 Å². The van der Waals surface area contributed by atoms with E-state index in [9.17, 15) is 33.6 Å². The summed E-state index contributed by atoms with van der Waals surface area (Å²) in [7, 11) is 4.52. The third kappa shape index (κ3) is 13.4.